The molecule has 92 valence electrons. The van der Waals surface area contributed by atoms with Crippen LogP contribution >= 0.6 is 11.6 Å². The summed E-state index contributed by atoms with van der Waals surface area (Å²) in [6, 6.07) is 9.81. The highest BCUT2D eigenvalue weighted by Gasteiger charge is 2.18. The Bertz CT molecular complexity index is 597. The van der Waals surface area contributed by atoms with Crippen molar-refractivity contribution in [2.75, 3.05) is 0 Å². The quantitative estimate of drug-likeness (QED) is 0.737. The van der Waals surface area contributed by atoms with Crippen LogP contribution in [-0.4, -0.2) is 5.78 Å². The SMILES string of the molecule is Cc1cc(C)c(C(=O)c2ccccc2Cl)c(F)c1. The summed E-state index contributed by atoms with van der Waals surface area (Å²) in [4.78, 5) is 12.3. The van der Waals surface area contributed by atoms with Crippen molar-refractivity contribution in [2.45, 2.75) is 13.8 Å². The third kappa shape index (κ3) is 2.29. The van der Waals surface area contributed by atoms with Crippen molar-refractivity contribution in [3.05, 3.63) is 69.5 Å². The molecule has 0 amide bonds. The second kappa shape index (κ2) is 4.91. The van der Waals surface area contributed by atoms with Crippen molar-refractivity contribution in [2.24, 2.45) is 0 Å². The molecule has 0 fully saturated rings. The minimum absolute atomic E-state index is 0.0914. The predicted octanol–water partition coefficient (Wildman–Crippen LogP) is 4.33. The number of hydrogen-bond donors (Lipinski definition) is 0. The van der Waals surface area contributed by atoms with Gasteiger partial charge >= 0.3 is 0 Å². The van der Waals surface area contributed by atoms with Gasteiger partial charge in [0.2, 0.25) is 0 Å². The summed E-state index contributed by atoms with van der Waals surface area (Å²) in [7, 11) is 0. The molecule has 1 nitrogen and oxygen atoms in total. The normalized spacial score (nSPS) is 10.4. The van der Waals surface area contributed by atoms with Gasteiger partial charge in [-0.25, -0.2) is 4.39 Å². The van der Waals surface area contributed by atoms with Crippen molar-refractivity contribution in [1.29, 1.82) is 0 Å². The lowest BCUT2D eigenvalue weighted by molar-refractivity contribution is 0.103. The highest BCUT2D eigenvalue weighted by Crippen LogP contribution is 2.23. The fourth-order valence-corrected chi connectivity index (χ4v) is 2.20. The minimum atomic E-state index is -0.502. The number of ketones is 1. The first-order valence-corrected chi connectivity index (χ1v) is 5.94. The fraction of sp³-hybridized carbons (Fsp3) is 0.133. The first kappa shape index (κ1) is 12.8. The molecular weight excluding hydrogens is 251 g/mol. The molecule has 0 unspecified atom stereocenters. The van der Waals surface area contributed by atoms with Gasteiger partial charge in [-0.05, 0) is 43.2 Å². The van der Waals surface area contributed by atoms with Crippen LogP contribution < -0.4 is 0 Å². The molecule has 0 aromatic heterocycles. The molecule has 0 saturated carbocycles. The molecule has 2 rings (SSSR count). The average molecular weight is 263 g/mol. The van der Waals surface area contributed by atoms with Crippen LogP contribution in [0.1, 0.15) is 27.0 Å². The third-order valence-corrected chi connectivity index (χ3v) is 3.11. The summed E-state index contributed by atoms with van der Waals surface area (Å²) < 4.78 is 13.9. The van der Waals surface area contributed by atoms with E-state index < -0.39 is 5.82 Å². The Balaban J connectivity index is 2.57. The monoisotopic (exact) mass is 262 g/mol. The summed E-state index contributed by atoms with van der Waals surface area (Å²) in [6.45, 7) is 3.51. The van der Waals surface area contributed by atoms with Gasteiger partial charge in [0.05, 0.1) is 10.6 Å². The lowest BCUT2D eigenvalue weighted by Crippen LogP contribution is -2.08. The number of rotatable bonds is 2. The van der Waals surface area contributed by atoms with E-state index in [1.807, 2.05) is 0 Å². The minimum Gasteiger partial charge on any atom is -0.288 e. The largest absolute Gasteiger partial charge is 0.288 e. The van der Waals surface area contributed by atoms with E-state index in [0.717, 1.165) is 5.56 Å². The van der Waals surface area contributed by atoms with Crippen molar-refractivity contribution < 1.29 is 9.18 Å². The van der Waals surface area contributed by atoms with Crippen molar-refractivity contribution in [3.63, 3.8) is 0 Å². The maximum Gasteiger partial charge on any atom is 0.197 e. The zero-order chi connectivity index (χ0) is 13.3. The summed E-state index contributed by atoms with van der Waals surface area (Å²) in [5.41, 5.74) is 1.83. The molecule has 18 heavy (non-hydrogen) atoms. The van der Waals surface area contributed by atoms with Crippen LogP contribution in [0.15, 0.2) is 36.4 Å². The Labute approximate surface area is 110 Å². The third-order valence-electron chi connectivity index (χ3n) is 2.78. The van der Waals surface area contributed by atoms with Crippen LogP contribution in [0.5, 0.6) is 0 Å². The molecule has 0 aliphatic heterocycles. The van der Waals surface area contributed by atoms with Gasteiger partial charge in [0, 0.05) is 5.56 Å². The molecule has 0 spiro atoms. The Hall–Kier alpha value is -1.67. The number of benzene rings is 2. The molecule has 0 aliphatic carbocycles. The molecule has 2 aromatic carbocycles. The highest BCUT2D eigenvalue weighted by molar-refractivity contribution is 6.35. The Morgan fingerprint density at radius 2 is 1.83 bits per heavy atom. The molecule has 0 saturated heterocycles. The Kier molecular flexibility index (Phi) is 3.48. The molecule has 3 heteroatoms. The summed E-state index contributed by atoms with van der Waals surface area (Å²) in [5.74, 6) is -0.881. The first-order chi connectivity index (χ1) is 8.50. The van der Waals surface area contributed by atoms with Crippen LogP contribution in [0.25, 0.3) is 0 Å². The first-order valence-electron chi connectivity index (χ1n) is 5.56. The molecule has 0 heterocycles. The van der Waals surface area contributed by atoms with E-state index in [0.29, 0.717) is 16.1 Å². The van der Waals surface area contributed by atoms with E-state index in [2.05, 4.69) is 0 Å². The van der Waals surface area contributed by atoms with Crippen LogP contribution in [0.2, 0.25) is 5.02 Å². The molecule has 0 atom stereocenters. The van der Waals surface area contributed by atoms with E-state index in [1.165, 1.54) is 6.07 Å². The van der Waals surface area contributed by atoms with Gasteiger partial charge in [-0.1, -0.05) is 29.8 Å². The number of hydrogen-bond acceptors (Lipinski definition) is 1. The lowest BCUT2D eigenvalue weighted by Gasteiger charge is -2.09. The van der Waals surface area contributed by atoms with Gasteiger partial charge in [-0.3, -0.25) is 4.79 Å². The summed E-state index contributed by atoms with van der Waals surface area (Å²) in [6.07, 6.45) is 0. The van der Waals surface area contributed by atoms with Gasteiger partial charge in [0.15, 0.2) is 5.78 Å². The van der Waals surface area contributed by atoms with Crippen molar-refractivity contribution in [1.82, 2.24) is 0 Å². The molecule has 2 aromatic rings. The molecule has 0 N–H and O–H groups in total. The van der Waals surface area contributed by atoms with Gasteiger partial charge in [-0.15, -0.1) is 0 Å². The van der Waals surface area contributed by atoms with Crippen molar-refractivity contribution in [3.8, 4) is 0 Å². The van der Waals surface area contributed by atoms with Gasteiger partial charge in [0.25, 0.3) is 0 Å². The average Bonchev–Trinajstić information content (AvgIpc) is 2.27. The number of carbonyl (C=O) groups is 1. The maximum atomic E-state index is 13.9. The number of aryl methyl sites for hydroxylation is 2. The van der Waals surface area contributed by atoms with E-state index >= 15 is 0 Å². The Morgan fingerprint density at radius 3 is 2.44 bits per heavy atom. The summed E-state index contributed by atoms with van der Waals surface area (Å²) >= 11 is 5.96. The standard InChI is InChI=1S/C15H12ClFO/c1-9-7-10(2)14(13(17)8-9)15(18)11-5-3-4-6-12(11)16/h3-8H,1-2H3. The summed E-state index contributed by atoms with van der Waals surface area (Å²) in [5, 5.41) is 0.335. The van der Waals surface area contributed by atoms with E-state index in [9.17, 15) is 9.18 Å². The van der Waals surface area contributed by atoms with Crippen LogP contribution in [0.4, 0.5) is 4.39 Å². The molecule has 0 radical (unpaired) electrons. The topological polar surface area (TPSA) is 17.1 Å². The Morgan fingerprint density at radius 1 is 1.17 bits per heavy atom. The van der Waals surface area contributed by atoms with Crippen LogP contribution in [-0.2, 0) is 0 Å². The van der Waals surface area contributed by atoms with Crippen LogP contribution in [0.3, 0.4) is 0 Å². The van der Waals surface area contributed by atoms with Gasteiger partial charge < -0.3 is 0 Å². The highest BCUT2D eigenvalue weighted by atomic mass is 35.5. The zero-order valence-electron chi connectivity index (χ0n) is 10.1. The smallest absolute Gasteiger partial charge is 0.197 e. The second-order valence-electron chi connectivity index (χ2n) is 4.25. The van der Waals surface area contributed by atoms with Crippen LogP contribution in [0, 0.1) is 19.7 Å². The molecular formula is C15H12ClFO. The van der Waals surface area contributed by atoms with Gasteiger partial charge in [-0.2, -0.15) is 0 Å². The number of carbonyl (C=O) groups excluding carboxylic acids is 1. The zero-order valence-corrected chi connectivity index (χ0v) is 10.9. The molecule has 0 bridgehead atoms. The van der Waals surface area contributed by atoms with Crippen molar-refractivity contribution >= 4 is 17.4 Å². The van der Waals surface area contributed by atoms with E-state index in [-0.39, 0.29) is 11.3 Å². The fourth-order valence-electron chi connectivity index (χ4n) is 1.98. The number of halogens is 2. The molecule has 0 aliphatic rings. The predicted molar refractivity (Wildman–Crippen MR) is 70.8 cm³/mol. The van der Waals surface area contributed by atoms with E-state index in [4.69, 9.17) is 11.6 Å². The lowest BCUT2D eigenvalue weighted by atomic mass is 9.97. The second-order valence-corrected chi connectivity index (χ2v) is 4.65. The maximum absolute atomic E-state index is 13.9. The van der Waals surface area contributed by atoms with Gasteiger partial charge in [0.1, 0.15) is 5.82 Å². The van der Waals surface area contributed by atoms with E-state index in [1.54, 1.807) is 44.2 Å².